The fraction of sp³-hybridized carbons (Fsp3) is 0.152. The second-order valence-corrected chi connectivity index (χ2v) is 20.4. The zero-order chi connectivity index (χ0) is 44.4. The van der Waals surface area contributed by atoms with E-state index in [9.17, 15) is 0 Å². The highest BCUT2D eigenvalue weighted by molar-refractivity contribution is 6.12. The summed E-state index contributed by atoms with van der Waals surface area (Å²) in [4.78, 5) is 2.50. The highest BCUT2D eigenvalue weighted by Crippen LogP contribution is 2.66. The third-order valence-corrected chi connectivity index (χ3v) is 16.7. The van der Waals surface area contributed by atoms with Gasteiger partial charge in [0, 0.05) is 27.9 Å². The highest BCUT2D eigenvalue weighted by Gasteiger charge is 2.56. The summed E-state index contributed by atoms with van der Waals surface area (Å²) >= 11 is 0. The Morgan fingerprint density at radius 1 is 0.388 bits per heavy atom. The zero-order valence-corrected chi connectivity index (χ0v) is 38.1. The summed E-state index contributed by atoms with van der Waals surface area (Å²) in [7, 11) is 0. The summed E-state index contributed by atoms with van der Waals surface area (Å²) in [6.07, 6.45) is 5.33. The molecule has 67 heavy (non-hydrogen) atoms. The largest absolute Gasteiger partial charge is 0.310 e. The zero-order valence-electron chi connectivity index (χ0n) is 38.1. The van der Waals surface area contributed by atoms with Crippen molar-refractivity contribution in [2.24, 2.45) is 11.8 Å². The van der Waals surface area contributed by atoms with E-state index in [1.54, 1.807) is 5.56 Å². The topological polar surface area (TPSA) is 3.24 Å². The third kappa shape index (κ3) is 5.61. The minimum atomic E-state index is -0.106. The van der Waals surface area contributed by atoms with Crippen molar-refractivity contribution in [1.82, 2.24) is 0 Å². The third-order valence-electron chi connectivity index (χ3n) is 16.7. The first kappa shape index (κ1) is 38.8. The molecule has 0 aromatic heterocycles. The minimum Gasteiger partial charge on any atom is -0.310 e. The van der Waals surface area contributed by atoms with Gasteiger partial charge in [0.05, 0.1) is 0 Å². The van der Waals surface area contributed by atoms with Crippen LogP contribution in [0.25, 0.3) is 77.2 Å². The van der Waals surface area contributed by atoms with Gasteiger partial charge in [0.1, 0.15) is 0 Å². The van der Waals surface area contributed by atoms with Gasteiger partial charge in [-0.05, 0) is 167 Å². The molecule has 0 saturated heterocycles. The number of benzene rings is 10. The summed E-state index contributed by atoms with van der Waals surface area (Å²) < 4.78 is 0. The second kappa shape index (κ2) is 14.5. The molecule has 0 radical (unpaired) electrons. The van der Waals surface area contributed by atoms with Gasteiger partial charge in [0.25, 0.3) is 0 Å². The Morgan fingerprint density at radius 3 is 1.67 bits per heavy atom. The highest BCUT2D eigenvalue weighted by atomic mass is 15.1. The van der Waals surface area contributed by atoms with Crippen LogP contribution in [0.4, 0.5) is 17.1 Å². The first-order valence-electron chi connectivity index (χ1n) is 24.4. The molecule has 3 unspecified atom stereocenters. The molecule has 2 bridgehead atoms. The van der Waals surface area contributed by atoms with Crippen LogP contribution in [0.1, 0.15) is 61.8 Å². The quantitative estimate of drug-likeness (QED) is 0.151. The number of fused-ring (bicyclic) bond motifs is 14. The smallest absolute Gasteiger partial charge is 0.0465 e. The van der Waals surface area contributed by atoms with Gasteiger partial charge < -0.3 is 4.90 Å². The predicted octanol–water partition coefficient (Wildman–Crippen LogP) is 17.9. The maximum Gasteiger partial charge on any atom is 0.0465 e. The Hall–Kier alpha value is -7.48. The molecule has 1 heteroatoms. The summed E-state index contributed by atoms with van der Waals surface area (Å²) in [6, 6.07) is 80.4. The number of nitrogens with zero attached hydrogens (tertiary/aromatic N) is 1. The molecule has 0 amide bonds. The van der Waals surface area contributed by atoms with Gasteiger partial charge in [-0.1, -0.05) is 196 Å². The maximum absolute atomic E-state index is 2.58. The van der Waals surface area contributed by atoms with Crippen LogP contribution >= 0.6 is 0 Å². The van der Waals surface area contributed by atoms with Gasteiger partial charge in [-0.3, -0.25) is 0 Å². The lowest BCUT2D eigenvalue weighted by atomic mass is 9.67. The van der Waals surface area contributed by atoms with Crippen LogP contribution in [-0.4, -0.2) is 0 Å². The van der Waals surface area contributed by atoms with Gasteiger partial charge >= 0.3 is 0 Å². The molecule has 2 saturated carbocycles. The van der Waals surface area contributed by atoms with Crippen molar-refractivity contribution in [1.29, 1.82) is 0 Å². The lowest BCUT2D eigenvalue weighted by molar-refractivity contribution is 0.327. The van der Waals surface area contributed by atoms with E-state index in [-0.39, 0.29) is 10.8 Å². The number of hydrogen-bond acceptors (Lipinski definition) is 1. The van der Waals surface area contributed by atoms with Crippen LogP contribution in [0.3, 0.4) is 0 Å². The van der Waals surface area contributed by atoms with Gasteiger partial charge in [-0.15, -0.1) is 0 Å². The minimum absolute atomic E-state index is 0.0973. The SMILES string of the molecule is CC1(C)c2ccccc2-c2cccc(-c3ccccc3-c3ccc(N(c4ccc(-c5cccc6c5ccc5ccccc56)cc4)c4ccc5c(c4)C4(CC6CCC4C6)c4ccccc4-5)cc3)c21. The van der Waals surface area contributed by atoms with Gasteiger partial charge in [-0.25, -0.2) is 0 Å². The van der Waals surface area contributed by atoms with Crippen LogP contribution in [0.2, 0.25) is 0 Å². The van der Waals surface area contributed by atoms with E-state index in [2.05, 4.69) is 231 Å². The molecule has 1 spiro atoms. The van der Waals surface area contributed by atoms with Crippen LogP contribution in [0.5, 0.6) is 0 Å². The van der Waals surface area contributed by atoms with Crippen molar-refractivity contribution in [3.63, 3.8) is 0 Å². The lowest BCUT2D eigenvalue weighted by Gasteiger charge is -2.37. The summed E-state index contributed by atoms with van der Waals surface area (Å²) in [5.74, 6) is 1.52. The molecule has 3 atom stereocenters. The van der Waals surface area contributed by atoms with Crippen LogP contribution in [0, 0.1) is 11.8 Å². The first-order valence-corrected chi connectivity index (χ1v) is 24.4. The van der Waals surface area contributed by atoms with Crippen molar-refractivity contribution in [2.75, 3.05) is 4.90 Å². The summed E-state index contributed by atoms with van der Waals surface area (Å²) in [6.45, 7) is 4.78. The molecule has 14 rings (SSSR count). The molecule has 4 aliphatic rings. The Labute approximate surface area is 394 Å². The van der Waals surface area contributed by atoms with Gasteiger partial charge in [0.15, 0.2) is 0 Å². The molecule has 1 nitrogen and oxygen atoms in total. The van der Waals surface area contributed by atoms with Crippen molar-refractivity contribution in [3.05, 3.63) is 235 Å². The van der Waals surface area contributed by atoms with Crippen LogP contribution in [0.15, 0.2) is 212 Å². The Kier molecular flexibility index (Phi) is 8.39. The summed E-state index contributed by atoms with van der Waals surface area (Å²) in [5.41, 5.74) is 22.5. The van der Waals surface area contributed by atoms with E-state index in [0.717, 1.165) is 17.3 Å². The van der Waals surface area contributed by atoms with Crippen molar-refractivity contribution in [2.45, 2.75) is 50.4 Å². The average Bonchev–Trinajstić information content (AvgIpc) is 4.14. The van der Waals surface area contributed by atoms with E-state index < -0.39 is 0 Å². The number of rotatable bonds is 6. The predicted molar refractivity (Wildman–Crippen MR) is 282 cm³/mol. The Balaban J connectivity index is 0.896. The molecule has 10 aromatic carbocycles. The molecule has 320 valence electrons. The van der Waals surface area contributed by atoms with E-state index in [1.165, 1.54) is 125 Å². The molecule has 0 heterocycles. The second-order valence-electron chi connectivity index (χ2n) is 20.4. The van der Waals surface area contributed by atoms with E-state index in [1.807, 2.05) is 0 Å². The van der Waals surface area contributed by atoms with Crippen molar-refractivity contribution < 1.29 is 0 Å². The fourth-order valence-electron chi connectivity index (χ4n) is 13.9. The number of hydrogen-bond donors (Lipinski definition) is 0. The van der Waals surface area contributed by atoms with Gasteiger partial charge in [0.2, 0.25) is 0 Å². The lowest BCUT2D eigenvalue weighted by Crippen LogP contribution is -2.32. The molecule has 0 aliphatic heterocycles. The van der Waals surface area contributed by atoms with E-state index in [4.69, 9.17) is 0 Å². The van der Waals surface area contributed by atoms with Crippen LogP contribution < -0.4 is 4.90 Å². The summed E-state index contributed by atoms with van der Waals surface area (Å²) in [5, 5.41) is 5.15. The molecular formula is C66H51N. The first-order chi connectivity index (χ1) is 33.0. The normalized spacial score (nSPS) is 19.1. The maximum atomic E-state index is 2.58. The standard InChI is InChI=1S/C66H51N/c1-65(2)61-23-9-7-18-57(61)60-22-12-21-59(64(60)65)54-16-6-5-15-51(54)44-26-32-47(33-27-44)67(48-34-28-45(29-35-48)52-19-11-20-53-50-14-4-3-13-43(50)30-37-55(52)53)49-36-38-58-56-17-8-10-24-62(56)66(63(58)40-49)41-42-25-31-46(66)39-42/h3-24,26-30,32-38,40,42,46H,25,31,39,41H2,1-2H3. The molecule has 2 fully saturated rings. The van der Waals surface area contributed by atoms with Crippen molar-refractivity contribution in [3.8, 4) is 55.6 Å². The molecule has 0 N–H and O–H groups in total. The van der Waals surface area contributed by atoms with E-state index in [0.29, 0.717) is 5.92 Å². The fourth-order valence-corrected chi connectivity index (χ4v) is 13.9. The molecule has 4 aliphatic carbocycles. The Bertz CT molecular complexity index is 3630. The van der Waals surface area contributed by atoms with Gasteiger partial charge in [-0.2, -0.15) is 0 Å². The molecule has 10 aromatic rings. The van der Waals surface area contributed by atoms with Crippen LogP contribution in [-0.2, 0) is 10.8 Å². The molecular weight excluding hydrogens is 807 g/mol. The van der Waals surface area contributed by atoms with E-state index >= 15 is 0 Å². The monoisotopic (exact) mass is 857 g/mol. The Morgan fingerprint density at radius 2 is 0.940 bits per heavy atom. The number of anilines is 3. The van der Waals surface area contributed by atoms with Crippen molar-refractivity contribution >= 4 is 38.6 Å². The average molecular weight is 858 g/mol.